The van der Waals surface area contributed by atoms with Gasteiger partial charge in [-0.1, -0.05) is 13.8 Å². The van der Waals surface area contributed by atoms with Crippen LogP contribution < -0.4 is 5.73 Å². The number of anilines is 1. The van der Waals surface area contributed by atoms with Gasteiger partial charge < -0.3 is 15.4 Å². The lowest BCUT2D eigenvalue weighted by molar-refractivity contribution is -0.137. The number of nitrogens with zero attached hydrogens (tertiary/aromatic N) is 4. The number of aromatic nitrogens is 3. The van der Waals surface area contributed by atoms with Crippen molar-refractivity contribution in [3.05, 3.63) is 58.7 Å². The molecule has 0 saturated carbocycles. The molecule has 10 heteroatoms. The van der Waals surface area contributed by atoms with E-state index in [4.69, 9.17) is 10.5 Å². The maximum absolute atomic E-state index is 13.0. The lowest BCUT2D eigenvalue weighted by atomic mass is 10.1. The van der Waals surface area contributed by atoms with Gasteiger partial charge in [0.25, 0.3) is 5.91 Å². The Labute approximate surface area is 183 Å². The van der Waals surface area contributed by atoms with Gasteiger partial charge >= 0.3 is 6.18 Å². The summed E-state index contributed by atoms with van der Waals surface area (Å²) in [5.74, 6) is 0.0324. The molecule has 3 aromatic heterocycles. The average Bonchev–Trinajstić information content (AvgIpc) is 3.29. The first-order valence-electron chi connectivity index (χ1n) is 10.2. The van der Waals surface area contributed by atoms with Crippen LogP contribution in [-0.4, -0.2) is 32.3 Å². The van der Waals surface area contributed by atoms with E-state index in [9.17, 15) is 18.0 Å². The van der Waals surface area contributed by atoms with E-state index >= 15 is 0 Å². The van der Waals surface area contributed by atoms with Gasteiger partial charge in [-0.05, 0) is 30.7 Å². The van der Waals surface area contributed by atoms with Crippen LogP contribution >= 0.6 is 0 Å². The monoisotopic (exact) mass is 447 g/mol. The van der Waals surface area contributed by atoms with E-state index in [-0.39, 0.29) is 18.1 Å². The predicted octanol–water partition coefficient (Wildman–Crippen LogP) is 4.34. The summed E-state index contributed by atoms with van der Waals surface area (Å²) >= 11 is 0. The van der Waals surface area contributed by atoms with Crippen LogP contribution in [0.25, 0.3) is 10.9 Å². The molecule has 2 N–H and O–H groups in total. The second-order valence-corrected chi connectivity index (χ2v) is 6.89. The molecule has 0 unspecified atom stereocenters. The van der Waals surface area contributed by atoms with E-state index in [0.29, 0.717) is 36.8 Å². The van der Waals surface area contributed by atoms with Gasteiger partial charge in [0, 0.05) is 23.7 Å². The third kappa shape index (κ3) is 4.64. The molecule has 0 spiro atoms. The van der Waals surface area contributed by atoms with Crippen LogP contribution in [0, 0.1) is 0 Å². The lowest BCUT2D eigenvalue weighted by Crippen LogP contribution is -2.31. The summed E-state index contributed by atoms with van der Waals surface area (Å²) in [6.45, 7) is 6.92. The Kier molecular flexibility index (Phi) is 6.93. The molecule has 4 rings (SSSR count). The molecule has 0 radical (unpaired) electrons. The van der Waals surface area contributed by atoms with Crippen LogP contribution in [0.1, 0.15) is 53.6 Å². The zero-order valence-corrected chi connectivity index (χ0v) is 18.0. The molecule has 0 aliphatic carbocycles. The molecule has 0 fully saturated rings. The van der Waals surface area contributed by atoms with Crippen molar-refractivity contribution in [2.75, 3.05) is 12.3 Å². The smallest absolute Gasteiger partial charge is 0.383 e. The van der Waals surface area contributed by atoms with Gasteiger partial charge in [-0.2, -0.15) is 13.2 Å². The molecule has 0 saturated heterocycles. The van der Waals surface area contributed by atoms with Crippen molar-refractivity contribution in [1.29, 1.82) is 0 Å². The van der Waals surface area contributed by atoms with E-state index < -0.39 is 11.7 Å². The molecule has 0 aromatic carbocycles. The number of carbonyl (C=O) groups is 1. The third-order valence-electron chi connectivity index (χ3n) is 5.01. The molecule has 32 heavy (non-hydrogen) atoms. The molecular formula is C22H24F3N5O2. The molecule has 1 aliphatic rings. The molecule has 0 bridgehead atoms. The highest BCUT2D eigenvalue weighted by Crippen LogP contribution is 2.31. The van der Waals surface area contributed by atoms with Gasteiger partial charge in [-0.25, -0.2) is 9.97 Å². The fourth-order valence-corrected chi connectivity index (χ4v) is 3.36. The Bertz CT molecular complexity index is 1120. The summed E-state index contributed by atoms with van der Waals surface area (Å²) in [7, 11) is 0. The van der Waals surface area contributed by atoms with Crippen LogP contribution in [0.4, 0.5) is 19.0 Å². The minimum Gasteiger partial charge on any atom is -0.383 e. The highest BCUT2D eigenvalue weighted by molar-refractivity contribution is 5.97. The number of halogens is 3. The Morgan fingerprint density at radius 1 is 1.16 bits per heavy atom. The van der Waals surface area contributed by atoms with Gasteiger partial charge in [0.2, 0.25) is 0 Å². The topological polar surface area (TPSA) is 94.2 Å². The summed E-state index contributed by atoms with van der Waals surface area (Å²) in [6, 6.07) is 3.87. The van der Waals surface area contributed by atoms with E-state index in [2.05, 4.69) is 15.0 Å². The summed E-state index contributed by atoms with van der Waals surface area (Å²) in [6.07, 6.45) is -2.20. The van der Waals surface area contributed by atoms with Crippen LogP contribution in [-0.2, 0) is 30.7 Å². The summed E-state index contributed by atoms with van der Waals surface area (Å²) < 4.78 is 43.6. The lowest BCUT2D eigenvalue weighted by Gasteiger charge is -2.20. The Hall–Kier alpha value is -3.27. The first kappa shape index (κ1) is 23.4. The molecule has 0 atom stereocenters. The molecule has 4 heterocycles. The van der Waals surface area contributed by atoms with Crippen molar-refractivity contribution < 1.29 is 22.7 Å². The van der Waals surface area contributed by atoms with Gasteiger partial charge in [-0.3, -0.25) is 9.78 Å². The number of fused-ring (bicyclic) bond motifs is 3. The zero-order valence-electron chi connectivity index (χ0n) is 18.0. The number of ether oxygens (including phenoxy) is 1. The third-order valence-corrected chi connectivity index (χ3v) is 5.01. The predicted molar refractivity (Wildman–Crippen MR) is 113 cm³/mol. The van der Waals surface area contributed by atoms with E-state index in [1.807, 2.05) is 13.8 Å². The summed E-state index contributed by atoms with van der Waals surface area (Å²) in [5, 5.41) is 0.749. The second kappa shape index (κ2) is 9.47. The average molecular weight is 447 g/mol. The van der Waals surface area contributed by atoms with Gasteiger partial charge in [-0.15, -0.1) is 0 Å². The fourth-order valence-electron chi connectivity index (χ4n) is 3.36. The number of nitrogens with two attached hydrogens (primary N) is 1. The maximum atomic E-state index is 13.0. The van der Waals surface area contributed by atoms with Crippen LogP contribution in [0.3, 0.4) is 0 Å². The van der Waals surface area contributed by atoms with Gasteiger partial charge in [0.05, 0.1) is 42.7 Å². The Morgan fingerprint density at radius 3 is 2.50 bits per heavy atom. The molecule has 170 valence electrons. The number of pyridine rings is 3. The van der Waals surface area contributed by atoms with Crippen molar-refractivity contribution in [1.82, 2.24) is 19.9 Å². The highest BCUT2D eigenvalue weighted by Gasteiger charge is 2.30. The maximum Gasteiger partial charge on any atom is 0.417 e. The van der Waals surface area contributed by atoms with Crippen molar-refractivity contribution in [2.45, 2.75) is 46.7 Å². The van der Waals surface area contributed by atoms with Crippen LogP contribution in [0.15, 0.2) is 30.6 Å². The van der Waals surface area contributed by atoms with E-state index in [1.165, 1.54) is 17.2 Å². The zero-order chi connectivity index (χ0) is 23.5. The highest BCUT2D eigenvalue weighted by atomic mass is 19.4. The van der Waals surface area contributed by atoms with Crippen molar-refractivity contribution in [2.24, 2.45) is 0 Å². The Balaban J connectivity index is 0.00000141. The number of carbonyl (C=O) groups excluding carboxylic acids is 1. The number of nitrogen functional groups attached to an aromatic ring is 1. The van der Waals surface area contributed by atoms with Gasteiger partial charge in [0.1, 0.15) is 11.5 Å². The number of alkyl halides is 3. The molecule has 3 aromatic rings. The molecule has 1 aliphatic heterocycles. The number of rotatable bonds is 4. The molecule has 1 amide bonds. The second-order valence-electron chi connectivity index (χ2n) is 6.89. The van der Waals surface area contributed by atoms with Crippen LogP contribution in [0.2, 0.25) is 0 Å². The SMILES string of the molecule is CC.CCN(Cc1ccc(C(F)(F)F)cn1)C(=O)c1cc2c3c(c(N)nc2cn1)COC3. The number of amides is 1. The first-order valence-corrected chi connectivity index (χ1v) is 10.2. The first-order chi connectivity index (χ1) is 15.3. The van der Waals surface area contributed by atoms with Crippen molar-refractivity contribution >= 4 is 22.6 Å². The quantitative estimate of drug-likeness (QED) is 0.639. The molecule has 7 nitrogen and oxygen atoms in total. The van der Waals surface area contributed by atoms with Crippen molar-refractivity contribution in [3.63, 3.8) is 0 Å². The summed E-state index contributed by atoms with van der Waals surface area (Å²) in [4.78, 5) is 26.8. The van der Waals surface area contributed by atoms with E-state index in [0.717, 1.165) is 28.8 Å². The minimum atomic E-state index is -4.46. The van der Waals surface area contributed by atoms with Gasteiger partial charge in [0.15, 0.2) is 0 Å². The van der Waals surface area contributed by atoms with E-state index in [1.54, 1.807) is 13.0 Å². The normalized spacial score (nSPS) is 12.8. The molecular weight excluding hydrogens is 423 g/mol. The number of hydrogen-bond acceptors (Lipinski definition) is 6. The minimum absolute atomic E-state index is 0.0639. The Morgan fingerprint density at radius 2 is 1.88 bits per heavy atom. The number of hydrogen-bond donors (Lipinski definition) is 1. The summed E-state index contributed by atoms with van der Waals surface area (Å²) in [5.41, 5.74) is 7.95. The van der Waals surface area contributed by atoms with Crippen molar-refractivity contribution in [3.8, 4) is 0 Å². The van der Waals surface area contributed by atoms with Crippen LogP contribution in [0.5, 0.6) is 0 Å². The standard InChI is InChI=1S/C20H18F3N5O2.C2H6/c1-2-28(8-12-4-3-11(6-25-12)20(21,22)23)19(29)16-5-13-14-9-30-10-15(14)18(24)27-17(13)7-26-16;1-2/h3-7H,2,8-10H2,1H3,(H2,24,27);1-2H3. The fraction of sp³-hybridized carbons (Fsp3) is 0.364. The largest absolute Gasteiger partial charge is 0.417 e.